The summed E-state index contributed by atoms with van der Waals surface area (Å²) in [6.07, 6.45) is 3.37. The standard InChI is InChI=1S/C12H16N2O3/c1-2-8(10-4-3-7-17-10)13-9-5-6-11(15)14-12(9)16/h3-4,7-9,13H,2,5-6H2,1H3,(H,14,15,16). The topological polar surface area (TPSA) is 71.3 Å². The normalized spacial score (nSPS) is 22.3. The summed E-state index contributed by atoms with van der Waals surface area (Å²) in [5, 5.41) is 5.55. The maximum atomic E-state index is 11.6. The third-order valence-electron chi connectivity index (χ3n) is 2.94. The van der Waals surface area contributed by atoms with Crippen LogP contribution >= 0.6 is 0 Å². The number of carbonyl (C=O) groups is 2. The lowest BCUT2D eigenvalue weighted by atomic mass is 10.0. The maximum absolute atomic E-state index is 11.6. The highest BCUT2D eigenvalue weighted by atomic mass is 16.3. The molecule has 1 aliphatic rings. The van der Waals surface area contributed by atoms with Crippen molar-refractivity contribution in [2.75, 3.05) is 0 Å². The highest BCUT2D eigenvalue weighted by molar-refractivity contribution is 6.00. The van der Waals surface area contributed by atoms with Crippen molar-refractivity contribution in [1.29, 1.82) is 0 Å². The molecule has 0 aliphatic carbocycles. The Balaban J connectivity index is 1.99. The molecule has 92 valence electrons. The summed E-state index contributed by atoms with van der Waals surface area (Å²) in [6.45, 7) is 2.02. The maximum Gasteiger partial charge on any atom is 0.243 e. The minimum Gasteiger partial charge on any atom is -0.468 e. The molecule has 2 heterocycles. The van der Waals surface area contributed by atoms with E-state index in [0.717, 1.165) is 12.2 Å². The molecule has 17 heavy (non-hydrogen) atoms. The number of furan rings is 1. The quantitative estimate of drug-likeness (QED) is 0.769. The van der Waals surface area contributed by atoms with Gasteiger partial charge in [-0.25, -0.2) is 0 Å². The zero-order chi connectivity index (χ0) is 12.3. The largest absolute Gasteiger partial charge is 0.468 e. The molecular weight excluding hydrogens is 220 g/mol. The highest BCUT2D eigenvalue weighted by Crippen LogP contribution is 2.19. The molecule has 2 amide bonds. The van der Waals surface area contributed by atoms with Gasteiger partial charge in [0.25, 0.3) is 0 Å². The zero-order valence-electron chi connectivity index (χ0n) is 9.73. The van der Waals surface area contributed by atoms with E-state index in [9.17, 15) is 9.59 Å². The van der Waals surface area contributed by atoms with Crippen molar-refractivity contribution in [1.82, 2.24) is 10.6 Å². The fourth-order valence-corrected chi connectivity index (χ4v) is 1.99. The first-order valence-electron chi connectivity index (χ1n) is 5.84. The molecule has 0 saturated carbocycles. The number of hydrogen-bond donors (Lipinski definition) is 2. The summed E-state index contributed by atoms with van der Waals surface area (Å²) in [7, 11) is 0. The second-order valence-corrected chi connectivity index (χ2v) is 4.15. The smallest absolute Gasteiger partial charge is 0.243 e. The van der Waals surface area contributed by atoms with Gasteiger partial charge < -0.3 is 4.42 Å². The van der Waals surface area contributed by atoms with Gasteiger partial charge in [-0.2, -0.15) is 0 Å². The lowest BCUT2D eigenvalue weighted by Crippen LogP contribution is -2.51. The van der Waals surface area contributed by atoms with E-state index in [1.165, 1.54) is 0 Å². The fraction of sp³-hybridized carbons (Fsp3) is 0.500. The second-order valence-electron chi connectivity index (χ2n) is 4.15. The van der Waals surface area contributed by atoms with Crippen molar-refractivity contribution in [3.63, 3.8) is 0 Å². The Bertz CT molecular complexity index is 400. The summed E-state index contributed by atoms with van der Waals surface area (Å²) in [5.74, 6) is 0.377. The molecular formula is C12H16N2O3. The minimum atomic E-state index is -0.317. The van der Waals surface area contributed by atoms with Crippen molar-refractivity contribution in [3.8, 4) is 0 Å². The van der Waals surface area contributed by atoms with Crippen LogP contribution in [0.25, 0.3) is 0 Å². The van der Waals surface area contributed by atoms with Crippen LogP contribution in [0.4, 0.5) is 0 Å². The Morgan fingerprint density at radius 3 is 3.00 bits per heavy atom. The molecule has 2 unspecified atom stereocenters. The van der Waals surface area contributed by atoms with Crippen LogP contribution in [0.15, 0.2) is 22.8 Å². The molecule has 5 nitrogen and oxygen atoms in total. The van der Waals surface area contributed by atoms with E-state index in [1.54, 1.807) is 6.26 Å². The first kappa shape index (κ1) is 11.9. The van der Waals surface area contributed by atoms with Gasteiger partial charge in [-0.15, -0.1) is 0 Å². The third kappa shape index (κ3) is 2.74. The van der Waals surface area contributed by atoms with E-state index < -0.39 is 0 Å². The van der Waals surface area contributed by atoms with E-state index in [4.69, 9.17) is 4.42 Å². The molecule has 2 N–H and O–H groups in total. The summed E-state index contributed by atoms with van der Waals surface area (Å²) in [5.41, 5.74) is 0. The minimum absolute atomic E-state index is 0.00829. The average molecular weight is 236 g/mol. The zero-order valence-corrected chi connectivity index (χ0v) is 9.73. The van der Waals surface area contributed by atoms with Crippen LogP contribution in [0.2, 0.25) is 0 Å². The summed E-state index contributed by atoms with van der Waals surface area (Å²) < 4.78 is 5.32. The number of amides is 2. The van der Waals surface area contributed by atoms with Gasteiger partial charge in [-0.3, -0.25) is 20.2 Å². The van der Waals surface area contributed by atoms with E-state index in [2.05, 4.69) is 10.6 Å². The summed E-state index contributed by atoms with van der Waals surface area (Å²) >= 11 is 0. The predicted octanol–water partition coefficient (Wildman–Crippen LogP) is 1.13. The van der Waals surface area contributed by atoms with Crippen molar-refractivity contribution in [2.45, 2.75) is 38.3 Å². The molecule has 0 bridgehead atoms. The van der Waals surface area contributed by atoms with Crippen molar-refractivity contribution < 1.29 is 14.0 Å². The van der Waals surface area contributed by atoms with Crippen LogP contribution in [0, 0.1) is 0 Å². The number of rotatable bonds is 4. The predicted molar refractivity (Wildman–Crippen MR) is 61.0 cm³/mol. The van der Waals surface area contributed by atoms with Gasteiger partial charge in [0.1, 0.15) is 5.76 Å². The van der Waals surface area contributed by atoms with Crippen LogP contribution < -0.4 is 10.6 Å². The van der Waals surface area contributed by atoms with E-state index in [0.29, 0.717) is 12.8 Å². The molecule has 1 aromatic rings. The van der Waals surface area contributed by atoms with E-state index >= 15 is 0 Å². The second kappa shape index (κ2) is 5.14. The Morgan fingerprint density at radius 2 is 2.41 bits per heavy atom. The molecule has 2 rings (SSSR count). The van der Waals surface area contributed by atoms with Crippen LogP contribution in [0.5, 0.6) is 0 Å². The number of carbonyl (C=O) groups excluding carboxylic acids is 2. The monoisotopic (exact) mass is 236 g/mol. The van der Waals surface area contributed by atoms with Gasteiger partial charge in [0.2, 0.25) is 11.8 Å². The van der Waals surface area contributed by atoms with Gasteiger partial charge in [-0.05, 0) is 25.0 Å². The Labute approximate surface area is 99.6 Å². The van der Waals surface area contributed by atoms with Crippen LogP contribution in [0.3, 0.4) is 0 Å². The molecule has 1 fully saturated rings. The van der Waals surface area contributed by atoms with Crippen molar-refractivity contribution in [3.05, 3.63) is 24.2 Å². The highest BCUT2D eigenvalue weighted by Gasteiger charge is 2.28. The third-order valence-corrected chi connectivity index (χ3v) is 2.94. The number of imide groups is 1. The molecule has 2 atom stereocenters. The SMILES string of the molecule is CCC(NC1CCC(=O)NC1=O)c1ccco1. The summed E-state index contributed by atoms with van der Waals surface area (Å²) in [6, 6.07) is 3.40. The van der Waals surface area contributed by atoms with E-state index in [-0.39, 0.29) is 23.9 Å². The molecule has 1 saturated heterocycles. The van der Waals surface area contributed by atoms with E-state index in [1.807, 2.05) is 19.1 Å². The lowest BCUT2D eigenvalue weighted by molar-refractivity contribution is -0.134. The van der Waals surface area contributed by atoms with Crippen LogP contribution in [-0.2, 0) is 9.59 Å². The van der Waals surface area contributed by atoms with Gasteiger partial charge >= 0.3 is 0 Å². The first-order valence-corrected chi connectivity index (χ1v) is 5.84. The number of piperidine rings is 1. The molecule has 1 aliphatic heterocycles. The molecule has 0 radical (unpaired) electrons. The van der Waals surface area contributed by atoms with Gasteiger partial charge in [0, 0.05) is 6.42 Å². The first-order chi connectivity index (χ1) is 8.20. The van der Waals surface area contributed by atoms with Crippen LogP contribution in [-0.4, -0.2) is 17.9 Å². The number of nitrogens with one attached hydrogen (secondary N) is 2. The Kier molecular flexibility index (Phi) is 3.58. The fourth-order valence-electron chi connectivity index (χ4n) is 1.99. The average Bonchev–Trinajstić information content (AvgIpc) is 2.81. The Hall–Kier alpha value is -1.62. The molecule has 5 heteroatoms. The number of hydrogen-bond acceptors (Lipinski definition) is 4. The molecule has 1 aromatic heterocycles. The lowest BCUT2D eigenvalue weighted by Gasteiger charge is -2.25. The summed E-state index contributed by atoms with van der Waals surface area (Å²) in [4.78, 5) is 22.6. The Morgan fingerprint density at radius 1 is 1.59 bits per heavy atom. The van der Waals surface area contributed by atoms with Gasteiger partial charge in [0.15, 0.2) is 0 Å². The molecule has 0 aromatic carbocycles. The van der Waals surface area contributed by atoms with Crippen molar-refractivity contribution >= 4 is 11.8 Å². The van der Waals surface area contributed by atoms with Gasteiger partial charge in [0.05, 0.1) is 18.3 Å². The molecule has 0 spiro atoms. The van der Waals surface area contributed by atoms with Crippen LogP contribution in [0.1, 0.15) is 38.0 Å². The van der Waals surface area contributed by atoms with Crippen molar-refractivity contribution in [2.24, 2.45) is 0 Å². The van der Waals surface area contributed by atoms with Gasteiger partial charge in [-0.1, -0.05) is 6.92 Å².